The van der Waals surface area contributed by atoms with Crippen LogP contribution in [0.15, 0.2) is 42.6 Å². The number of rotatable bonds is 7. The first-order valence-electron chi connectivity index (χ1n) is 10.4. The topological polar surface area (TPSA) is 59.6 Å². The van der Waals surface area contributed by atoms with Crippen LogP contribution in [-0.4, -0.2) is 49.5 Å². The zero-order chi connectivity index (χ0) is 21.8. The molecule has 1 aromatic heterocycles. The number of aromatic amines is 1. The van der Waals surface area contributed by atoms with Crippen LogP contribution in [0, 0.1) is 0 Å². The molecule has 7 heteroatoms. The Morgan fingerprint density at radius 2 is 1.81 bits per heavy atom. The second-order valence-corrected chi connectivity index (χ2v) is 8.21. The second kappa shape index (κ2) is 9.62. The first kappa shape index (κ1) is 21.5. The van der Waals surface area contributed by atoms with Crippen molar-refractivity contribution in [3.8, 4) is 28.4 Å². The molecule has 1 N–H and O–H groups in total. The lowest BCUT2D eigenvalue weighted by molar-refractivity contribution is 0.195. The van der Waals surface area contributed by atoms with Gasteiger partial charge in [0, 0.05) is 40.9 Å². The van der Waals surface area contributed by atoms with Gasteiger partial charge in [-0.05, 0) is 43.1 Å². The molecule has 0 saturated carbocycles. The number of likely N-dealkylation sites (tertiary alicyclic amines) is 1. The van der Waals surface area contributed by atoms with Crippen LogP contribution in [0.2, 0.25) is 5.02 Å². The highest BCUT2D eigenvalue weighted by Crippen LogP contribution is 2.41. The maximum atomic E-state index is 6.07. The van der Waals surface area contributed by atoms with E-state index in [1.54, 1.807) is 21.3 Å². The van der Waals surface area contributed by atoms with Crippen molar-refractivity contribution in [2.75, 3.05) is 34.4 Å². The number of benzene rings is 2. The van der Waals surface area contributed by atoms with Crippen LogP contribution in [0.4, 0.5) is 0 Å². The van der Waals surface area contributed by atoms with E-state index in [2.05, 4.69) is 21.2 Å². The molecular formula is C24H28ClN3O3. The Balaban J connectivity index is 1.54. The van der Waals surface area contributed by atoms with Crippen molar-refractivity contribution in [3.63, 3.8) is 0 Å². The van der Waals surface area contributed by atoms with Crippen molar-refractivity contribution in [2.45, 2.75) is 25.3 Å². The van der Waals surface area contributed by atoms with Crippen LogP contribution in [0.1, 0.15) is 30.0 Å². The van der Waals surface area contributed by atoms with Gasteiger partial charge >= 0.3 is 0 Å². The molecule has 0 unspecified atom stereocenters. The third-order valence-electron chi connectivity index (χ3n) is 5.92. The Morgan fingerprint density at radius 1 is 1.03 bits per heavy atom. The molecule has 1 fully saturated rings. The van der Waals surface area contributed by atoms with Gasteiger partial charge in [-0.3, -0.25) is 10.00 Å². The molecule has 6 nitrogen and oxygen atoms in total. The molecule has 1 atom stereocenters. The van der Waals surface area contributed by atoms with E-state index in [4.69, 9.17) is 25.8 Å². The zero-order valence-corrected chi connectivity index (χ0v) is 18.9. The summed E-state index contributed by atoms with van der Waals surface area (Å²) in [5, 5.41) is 8.34. The Morgan fingerprint density at radius 3 is 2.52 bits per heavy atom. The summed E-state index contributed by atoms with van der Waals surface area (Å²) in [5.41, 5.74) is 4.55. The van der Waals surface area contributed by atoms with Crippen molar-refractivity contribution >= 4 is 11.6 Å². The Kier molecular flexibility index (Phi) is 6.68. The Bertz CT molecular complexity index is 1020. The number of piperidine rings is 1. The lowest BCUT2D eigenvalue weighted by atomic mass is 9.90. The van der Waals surface area contributed by atoms with Crippen LogP contribution in [0.25, 0.3) is 11.1 Å². The van der Waals surface area contributed by atoms with Crippen molar-refractivity contribution < 1.29 is 14.2 Å². The SMILES string of the molecule is COc1ccc(CN2CCC[C@@H](c3[nH]ncc3-c3ccc(Cl)cc3)C2)c(OC)c1OC. The van der Waals surface area contributed by atoms with E-state index < -0.39 is 0 Å². The van der Waals surface area contributed by atoms with Crippen molar-refractivity contribution in [1.82, 2.24) is 15.1 Å². The van der Waals surface area contributed by atoms with Crippen molar-refractivity contribution in [3.05, 3.63) is 58.9 Å². The molecule has 1 aliphatic heterocycles. The van der Waals surface area contributed by atoms with Gasteiger partial charge in [0.2, 0.25) is 5.75 Å². The molecular weight excluding hydrogens is 414 g/mol. The fourth-order valence-corrected chi connectivity index (χ4v) is 4.56. The number of hydrogen-bond acceptors (Lipinski definition) is 5. The van der Waals surface area contributed by atoms with Gasteiger partial charge in [-0.2, -0.15) is 5.10 Å². The summed E-state index contributed by atoms with van der Waals surface area (Å²) in [6.07, 6.45) is 4.16. The third kappa shape index (κ3) is 4.50. The van der Waals surface area contributed by atoms with Gasteiger partial charge < -0.3 is 14.2 Å². The molecule has 1 saturated heterocycles. The molecule has 0 amide bonds. The molecule has 0 spiro atoms. The van der Waals surface area contributed by atoms with Gasteiger partial charge in [-0.25, -0.2) is 0 Å². The smallest absolute Gasteiger partial charge is 0.203 e. The molecule has 2 aromatic carbocycles. The van der Waals surface area contributed by atoms with Gasteiger partial charge in [-0.1, -0.05) is 29.8 Å². The first-order chi connectivity index (χ1) is 15.1. The van der Waals surface area contributed by atoms with E-state index in [0.717, 1.165) is 59.9 Å². The number of methoxy groups -OCH3 is 3. The van der Waals surface area contributed by atoms with E-state index in [1.165, 1.54) is 5.69 Å². The standard InChI is InChI=1S/C24H28ClN3O3/c1-29-21-11-8-18(23(30-2)24(21)31-3)15-28-12-4-5-17(14-28)22-20(13-26-27-22)16-6-9-19(25)10-7-16/h6-11,13,17H,4-5,12,14-15H2,1-3H3,(H,26,27)/t17-/m1/s1. The lowest BCUT2D eigenvalue weighted by Gasteiger charge is -2.33. The average molecular weight is 442 g/mol. The maximum absolute atomic E-state index is 6.07. The minimum atomic E-state index is 0.382. The van der Waals surface area contributed by atoms with E-state index in [1.807, 2.05) is 36.5 Å². The molecule has 0 radical (unpaired) electrons. The number of nitrogens with one attached hydrogen (secondary N) is 1. The predicted octanol–water partition coefficient (Wildman–Crippen LogP) is 5.14. The molecule has 3 aromatic rings. The highest BCUT2D eigenvalue weighted by atomic mass is 35.5. The summed E-state index contributed by atoms with van der Waals surface area (Å²) < 4.78 is 16.6. The van der Waals surface area contributed by atoms with Gasteiger partial charge in [-0.15, -0.1) is 0 Å². The van der Waals surface area contributed by atoms with Crippen LogP contribution in [0.5, 0.6) is 17.2 Å². The van der Waals surface area contributed by atoms with E-state index >= 15 is 0 Å². The van der Waals surface area contributed by atoms with Crippen LogP contribution < -0.4 is 14.2 Å². The third-order valence-corrected chi connectivity index (χ3v) is 6.17. The van der Waals surface area contributed by atoms with E-state index in [-0.39, 0.29) is 0 Å². The maximum Gasteiger partial charge on any atom is 0.203 e. The van der Waals surface area contributed by atoms with Gasteiger partial charge in [0.05, 0.1) is 27.5 Å². The van der Waals surface area contributed by atoms with Crippen LogP contribution in [0.3, 0.4) is 0 Å². The van der Waals surface area contributed by atoms with Gasteiger partial charge in [0.1, 0.15) is 0 Å². The summed E-state index contributed by atoms with van der Waals surface area (Å²) in [6, 6.07) is 11.9. The molecule has 4 rings (SSSR count). The monoisotopic (exact) mass is 441 g/mol. The first-order valence-corrected chi connectivity index (χ1v) is 10.8. The second-order valence-electron chi connectivity index (χ2n) is 7.77. The van der Waals surface area contributed by atoms with Crippen LogP contribution in [-0.2, 0) is 6.54 Å². The van der Waals surface area contributed by atoms with Crippen molar-refractivity contribution in [2.24, 2.45) is 0 Å². The zero-order valence-electron chi connectivity index (χ0n) is 18.2. The fraction of sp³-hybridized carbons (Fsp3) is 0.375. The summed E-state index contributed by atoms with van der Waals surface area (Å²) in [6.45, 7) is 2.77. The number of H-pyrrole nitrogens is 1. The van der Waals surface area contributed by atoms with Crippen LogP contribution >= 0.6 is 11.6 Å². The number of halogens is 1. The molecule has 2 heterocycles. The average Bonchev–Trinajstić information content (AvgIpc) is 3.29. The normalized spacial score (nSPS) is 16.8. The fourth-order valence-electron chi connectivity index (χ4n) is 4.43. The quantitative estimate of drug-likeness (QED) is 0.550. The number of ether oxygens (including phenoxy) is 3. The summed E-state index contributed by atoms with van der Waals surface area (Å²) >= 11 is 6.07. The highest BCUT2D eigenvalue weighted by molar-refractivity contribution is 6.30. The molecule has 0 bridgehead atoms. The minimum absolute atomic E-state index is 0.382. The highest BCUT2D eigenvalue weighted by Gasteiger charge is 2.26. The summed E-state index contributed by atoms with van der Waals surface area (Å²) in [4.78, 5) is 2.46. The molecule has 164 valence electrons. The Hall–Kier alpha value is -2.70. The summed E-state index contributed by atoms with van der Waals surface area (Å²) in [7, 11) is 4.94. The van der Waals surface area contributed by atoms with Gasteiger partial charge in [0.15, 0.2) is 11.5 Å². The molecule has 31 heavy (non-hydrogen) atoms. The lowest BCUT2D eigenvalue weighted by Crippen LogP contribution is -2.34. The number of hydrogen-bond donors (Lipinski definition) is 1. The van der Waals surface area contributed by atoms with E-state index in [9.17, 15) is 0 Å². The predicted molar refractivity (Wildman–Crippen MR) is 122 cm³/mol. The molecule has 1 aliphatic rings. The number of nitrogens with zero attached hydrogens (tertiary/aromatic N) is 2. The number of aromatic nitrogens is 2. The largest absolute Gasteiger partial charge is 0.493 e. The Labute approximate surface area is 188 Å². The van der Waals surface area contributed by atoms with E-state index in [0.29, 0.717) is 17.4 Å². The molecule has 0 aliphatic carbocycles. The summed E-state index contributed by atoms with van der Waals surface area (Å²) in [5.74, 6) is 2.42. The van der Waals surface area contributed by atoms with Crippen molar-refractivity contribution in [1.29, 1.82) is 0 Å². The van der Waals surface area contributed by atoms with Gasteiger partial charge in [0.25, 0.3) is 0 Å². The minimum Gasteiger partial charge on any atom is -0.493 e.